The predicted octanol–water partition coefficient (Wildman–Crippen LogP) is 1.41. The normalized spacial score (nSPS) is 21.6. The van der Waals surface area contributed by atoms with Gasteiger partial charge >= 0.3 is 5.97 Å². The Hall–Kier alpha value is -3.27. The maximum atomic E-state index is 13.3. The Morgan fingerprint density at radius 1 is 1.06 bits per heavy atom. The molecule has 4 rings (SSSR count). The fraction of sp³-hybridized carbons (Fsp3) is 0.542. The molecule has 0 saturated carbocycles. The number of hydrogen-bond acceptors (Lipinski definition) is 8. The van der Waals surface area contributed by atoms with Crippen molar-refractivity contribution in [1.82, 2.24) is 10.2 Å². The molecule has 1 aromatic rings. The van der Waals surface area contributed by atoms with E-state index < -0.39 is 41.2 Å². The lowest BCUT2D eigenvalue weighted by Crippen LogP contribution is -2.54. The van der Waals surface area contributed by atoms with Crippen LogP contribution in [0.25, 0.3) is 0 Å². The fourth-order valence-electron chi connectivity index (χ4n) is 4.58. The van der Waals surface area contributed by atoms with E-state index >= 15 is 0 Å². The highest BCUT2D eigenvalue weighted by atomic mass is 16.6. The number of rotatable bonds is 5. The number of piperidine rings is 2. The molecule has 0 aliphatic carbocycles. The summed E-state index contributed by atoms with van der Waals surface area (Å²) in [6.45, 7) is 6.44. The second kappa shape index (κ2) is 9.17. The standard InChI is InChI=1S/C24H29N3O7/c1-24(2,3)34-19(29)13-33-14-9-11-26(12-10-14)16-6-4-5-15-20(16)23(32)27(22(15)31)17-7-8-18(28)25-21(17)30/h4-6,14,17H,7-13H2,1-3H3,(H,25,28,30). The number of nitrogens with zero attached hydrogens (tertiary/aromatic N) is 2. The van der Waals surface area contributed by atoms with Crippen molar-refractivity contribution in [3.8, 4) is 0 Å². The van der Waals surface area contributed by atoms with Crippen LogP contribution < -0.4 is 10.2 Å². The van der Waals surface area contributed by atoms with Gasteiger partial charge in [-0.2, -0.15) is 0 Å². The molecule has 3 heterocycles. The third-order valence-electron chi connectivity index (χ3n) is 6.09. The number of carbonyl (C=O) groups excluding carboxylic acids is 5. The van der Waals surface area contributed by atoms with E-state index in [4.69, 9.17) is 9.47 Å². The summed E-state index contributed by atoms with van der Waals surface area (Å²) in [5.74, 6) is -2.49. The van der Waals surface area contributed by atoms with E-state index in [1.807, 2.05) is 4.90 Å². The Morgan fingerprint density at radius 2 is 1.76 bits per heavy atom. The first-order chi connectivity index (χ1) is 16.0. The molecule has 3 aliphatic heterocycles. The molecule has 4 amide bonds. The summed E-state index contributed by atoms with van der Waals surface area (Å²) >= 11 is 0. The zero-order chi connectivity index (χ0) is 24.6. The molecule has 10 nitrogen and oxygen atoms in total. The van der Waals surface area contributed by atoms with Crippen LogP contribution in [0.5, 0.6) is 0 Å². The van der Waals surface area contributed by atoms with Crippen LogP contribution >= 0.6 is 0 Å². The first-order valence-corrected chi connectivity index (χ1v) is 11.5. The van der Waals surface area contributed by atoms with Crippen LogP contribution in [-0.4, -0.2) is 71.9 Å². The summed E-state index contributed by atoms with van der Waals surface area (Å²) in [6.07, 6.45) is 1.37. The minimum absolute atomic E-state index is 0.0769. The molecule has 2 fully saturated rings. The van der Waals surface area contributed by atoms with E-state index in [0.717, 1.165) is 4.90 Å². The topological polar surface area (TPSA) is 122 Å². The minimum atomic E-state index is -0.995. The fourth-order valence-corrected chi connectivity index (χ4v) is 4.58. The highest BCUT2D eigenvalue weighted by molar-refractivity contribution is 6.25. The summed E-state index contributed by atoms with van der Waals surface area (Å²) in [5, 5.41) is 2.21. The van der Waals surface area contributed by atoms with Crippen molar-refractivity contribution in [1.29, 1.82) is 0 Å². The van der Waals surface area contributed by atoms with Crippen molar-refractivity contribution in [2.24, 2.45) is 0 Å². The van der Waals surface area contributed by atoms with Crippen molar-refractivity contribution in [2.45, 2.75) is 64.2 Å². The van der Waals surface area contributed by atoms with Crippen LogP contribution in [0.3, 0.4) is 0 Å². The zero-order valence-corrected chi connectivity index (χ0v) is 19.6. The number of fused-ring (bicyclic) bond motifs is 1. The van der Waals surface area contributed by atoms with Gasteiger partial charge in [0.2, 0.25) is 11.8 Å². The van der Waals surface area contributed by atoms with Gasteiger partial charge in [-0.15, -0.1) is 0 Å². The second-order valence-electron chi connectivity index (χ2n) is 9.73. The average molecular weight is 472 g/mol. The maximum Gasteiger partial charge on any atom is 0.332 e. The van der Waals surface area contributed by atoms with Gasteiger partial charge in [-0.05, 0) is 52.2 Å². The highest BCUT2D eigenvalue weighted by Gasteiger charge is 2.46. The molecular weight excluding hydrogens is 442 g/mol. The van der Waals surface area contributed by atoms with Crippen LogP contribution in [0.4, 0.5) is 5.69 Å². The van der Waals surface area contributed by atoms with Gasteiger partial charge in [0, 0.05) is 19.5 Å². The van der Waals surface area contributed by atoms with Crippen LogP contribution in [0.15, 0.2) is 18.2 Å². The Morgan fingerprint density at radius 3 is 2.41 bits per heavy atom. The van der Waals surface area contributed by atoms with Crippen molar-refractivity contribution in [3.05, 3.63) is 29.3 Å². The highest BCUT2D eigenvalue weighted by Crippen LogP contribution is 2.35. The third kappa shape index (κ3) is 4.82. The van der Waals surface area contributed by atoms with Crippen LogP contribution in [-0.2, 0) is 23.9 Å². The van der Waals surface area contributed by atoms with Gasteiger partial charge in [0.05, 0.1) is 22.9 Å². The summed E-state index contributed by atoms with van der Waals surface area (Å²) < 4.78 is 11.0. The molecule has 34 heavy (non-hydrogen) atoms. The van der Waals surface area contributed by atoms with Crippen molar-refractivity contribution >= 4 is 35.3 Å². The first-order valence-electron chi connectivity index (χ1n) is 11.5. The molecule has 1 unspecified atom stereocenters. The first kappa shape index (κ1) is 23.9. The van der Waals surface area contributed by atoms with Crippen molar-refractivity contribution < 1.29 is 33.4 Å². The second-order valence-corrected chi connectivity index (χ2v) is 9.73. The molecule has 182 valence electrons. The Kier molecular flexibility index (Phi) is 6.44. The van der Waals surface area contributed by atoms with Crippen LogP contribution in [0, 0.1) is 0 Å². The summed E-state index contributed by atoms with van der Waals surface area (Å²) in [7, 11) is 0. The molecule has 2 saturated heterocycles. The molecule has 1 aromatic carbocycles. The number of imide groups is 2. The lowest BCUT2D eigenvalue weighted by atomic mass is 10.0. The number of esters is 1. The maximum absolute atomic E-state index is 13.3. The number of hydrogen-bond donors (Lipinski definition) is 1. The van der Waals surface area contributed by atoms with E-state index in [1.165, 1.54) is 0 Å². The van der Waals surface area contributed by atoms with Gasteiger partial charge in [0.15, 0.2) is 0 Å². The number of nitrogens with one attached hydrogen (secondary N) is 1. The van der Waals surface area contributed by atoms with E-state index in [-0.39, 0.29) is 36.7 Å². The zero-order valence-electron chi connectivity index (χ0n) is 19.6. The molecule has 0 radical (unpaired) electrons. The van der Waals surface area contributed by atoms with Gasteiger partial charge in [0.25, 0.3) is 11.8 Å². The molecule has 10 heteroatoms. The number of ether oxygens (including phenoxy) is 2. The molecular formula is C24H29N3O7. The number of anilines is 1. The molecule has 3 aliphatic rings. The van der Waals surface area contributed by atoms with Gasteiger partial charge < -0.3 is 14.4 Å². The van der Waals surface area contributed by atoms with Gasteiger partial charge in [-0.3, -0.25) is 29.4 Å². The minimum Gasteiger partial charge on any atom is -0.458 e. The third-order valence-corrected chi connectivity index (χ3v) is 6.09. The van der Waals surface area contributed by atoms with Crippen LogP contribution in [0.2, 0.25) is 0 Å². The summed E-state index contributed by atoms with van der Waals surface area (Å²) in [4.78, 5) is 65.0. The summed E-state index contributed by atoms with van der Waals surface area (Å²) in [5.41, 5.74) is 0.612. The molecule has 0 bridgehead atoms. The SMILES string of the molecule is CC(C)(C)OC(=O)COC1CCN(c2cccc3c2C(=O)N(C2CCC(=O)NC2=O)C3=O)CC1. The molecule has 1 atom stereocenters. The van der Waals surface area contributed by atoms with E-state index in [9.17, 15) is 24.0 Å². The van der Waals surface area contributed by atoms with E-state index in [0.29, 0.717) is 31.6 Å². The Labute approximate surface area is 197 Å². The van der Waals surface area contributed by atoms with Crippen molar-refractivity contribution in [2.75, 3.05) is 24.6 Å². The monoisotopic (exact) mass is 471 g/mol. The molecule has 0 aromatic heterocycles. The quantitative estimate of drug-likeness (QED) is 0.505. The van der Waals surface area contributed by atoms with Gasteiger partial charge in [-0.1, -0.05) is 6.07 Å². The van der Waals surface area contributed by atoms with Crippen molar-refractivity contribution in [3.63, 3.8) is 0 Å². The van der Waals surface area contributed by atoms with E-state index in [2.05, 4.69) is 5.32 Å². The smallest absolute Gasteiger partial charge is 0.332 e. The average Bonchev–Trinajstić information content (AvgIpc) is 3.02. The van der Waals surface area contributed by atoms with E-state index in [1.54, 1.807) is 39.0 Å². The van der Waals surface area contributed by atoms with Gasteiger partial charge in [0.1, 0.15) is 18.2 Å². The summed E-state index contributed by atoms with van der Waals surface area (Å²) in [6, 6.07) is 4.10. The molecule has 1 N–H and O–H groups in total. The van der Waals surface area contributed by atoms with Gasteiger partial charge in [-0.25, -0.2) is 4.79 Å². The Balaban J connectivity index is 1.42. The number of carbonyl (C=O) groups is 5. The largest absolute Gasteiger partial charge is 0.458 e. The lowest BCUT2D eigenvalue weighted by molar-refractivity contribution is -0.162. The number of amides is 4. The van der Waals surface area contributed by atoms with Crippen LogP contribution in [0.1, 0.15) is 67.2 Å². The number of benzene rings is 1. The Bertz CT molecular complexity index is 1040. The predicted molar refractivity (Wildman–Crippen MR) is 120 cm³/mol. The lowest BCUT2D eigenvalue weighted by Gasteiger charge is -2.34. The molecule has 0 spiro atoms.